The molecule has 4 aromatic rings. The molecule has 0 aliphatic heterocycles. The highest BCUT2D eigenvalue weighted by Gasteiger charge is 2.17. The standard InChI is InChI=1S/C19H17N5O/c1-13-6-7-18(20-12-13)21-19(25)14-11-17(15-8-10-23(2)22-15)24-9-4-3-5-16(14)24/h3-12H,1-2H3,(H,20,21,25). The lowest BCUT2D eigenvalue weighted by Gasteiger charge is -2.04. The third kappa shape index (κ3) is 2.78. The van der Waals surface area contributed by atoms with E-state index >= 15 is 0 Å². The Labute approximate surface area is 144 Å². The number of rotatable bonds is 3. The van der Waals surface area contributed by atoms with E-state index in [1.54, 1.807) is 16.9 Å². The SMILES string of the molecule is Cc1ccc(NC(=O)c2cc(-c3ccn(C)n3)n3ccccc23)nc1. The first kappa shape index (κ1) is 15.1. The lowest BCUT2D eigenvalue weighted by atomic mass is 10.2. The second kappa shape index (κ2) is 5.90. The number of aryl methyl sites for hydroxylation is 2. The minimum absolute atomic E-state index is 0.192. The predicted octanol–water partition coefficient (Wildman–Crippen LogP) is 3.30. The molecule has 0 spiro atoms. The van der Waals surface area contributed by atoms with Gasteiger partial charge in [0, 0.05) is 25.6 Å². The summed E-state index contributed by atoms with van der Waals surface area (Å²) in [5, 5.41) is 7.31. The molecule has 0 atom stereocenters. The molecule has 0 bridgehead atoms. The first-order valence-corrected chi connectivity index (χ1v) is 7.96. The molecule has 0 aromatic carbocycles. The van der Waals surface area contributed by atoms with E-state index in [0.717, 1.165) is 22.5 Å². The van der Waals surface area contributed by atoms with Gasteiger partial charge in [-0.1, -0.05) is 12.1 Å². The van der Waals surface area contributed by atoms with Gasteiger partial charge in [-0.3, -0.25) is 9.48 Å². The van der Waals surface area contributed by atoms with E-state index in [4.69, 9.17) is 0 Å². The summed E-state index contributed by atoms with van der Waals surface area (Å²) in [4.78, 5) is 17.0. The molecule has 4 rings (SSSR count). The van der Waals surface area contributed by atoms with Gasteiger partial charge in [-0.15, -0.1) is 0 Å². The fourth-order valence-corrected chi connectivity index (χ4v) is 2.81. The van der Waals surface area contributed by atoms with Crippen molar-refractivity contribution >= 4 is 17.2 Å². The van der Waals surface area contributed by atoms with Crippen molar-refractivity contribution in [2.75, 3.05) is 5.32 Å². The highest BCUT2D eigenvalue weighted by Crippen LogP contribution is 2.25. The second-order valence-corrected chi connectivity index (χ2v) is 5.95. The molecular formula is C19H17N5O. The quantitative estimate of drug-likeness (QED) is 0.626. The molecule has 1 N–H and O–H groups in total. The maximum Gasteiger partial charge on any atom is 0.259 e. The number of fused-ring (bicyclic) bond motifs is 1. The number of pyridine rings is 2. The van der Waals surface area contributed by atoms with E-state index in [1.165, 1.54) is 0 Å². The Morgan fingerprint density at radius 3 is 2.72 bits per heavy atom. The third-order valence-electron chi connectivity index (χ3n) is 4.05. The molecule has 6 nitrogen and oxygen atoms in total. The van der Waals surface area contributed by atoms with Crippen molar-refractivity contribution in [1.82, 2.24) is 19.2 Å². The molecule has 4 aromatic heterocycles. The van der Waals surface area contributed by atoms with Crippen molar-refractivity contribution in [3.8, 4) is 11.4 Å². The van der Waals surface area contributed by atoms with Crippen LogP contribution in [-0.4, -0.2) is 25.1 Å². The van der Waals surface area contributed by atoms with E-state index in [0.29, 0.717) is 11.4 Å². The number of hydrogen-bond acceptors (Lipinski definition) is 3. The number of amides is 1. The number of nitrogens with one attached hydrogen (secondary N) is 1. The number of carbonyl (C=O) groups is 1. The van der Waals surface area contributed by atoms with Crippen LogP contribution in [0.15, 0.2) is 61.1 Å². The molecule has 25 heavy (non-hydrogen) atoms. The molecule has 0 fully saturated rings. The molecule has 0 radical (unpaired) electrons. The number of nitrogens with zero attached hydrogens (tertiary/aromatic N) is 4. The summed E-state index contributed by atoms with van der Waals surface area (Å²) in [6, 6.07) is 13.3. The number of anilines is 1. The second-order valence-electron chi connectivity index (χ2n) is 5.95. The van der Waals surface area contributed by atoms with Crippen molar-refractivity contribution in [3.63, 3.8) is 0 Å². The van der Waals surface area contributed by atoms with E-state index in [2.05, 4.69) is 15.4 Å². The Morgan fingerprint density at radius 1 is 1.12 bits per heavy atom. The maximum absolute atomic E-state index is 12.8. The van der Waals surface area contributed by atoms with Gasteiger partial charge >= 0.3 is 0 Å². The maximum atomic E-state index is 12.8. The van der Waals surface area contributed by atoms with Gasteiger partial charge in [0.05, 0.1) is 16.8 Å². The molecule has 0 aliphatic rings. The lowest BCUT2D eigenvalue weighted by molar-refractivity contribution is 0.102. The van der Waals surface area contributed by atoms with E-state index in [-0.39, 0.29) is 5.91 Å². The average molecular weight is 331 g/mol. The van der Waals surface area contributed by atoms with Gasteiger partial charge in [0.25, 0.3) is 5.91 Å². The minimum Gasteiger partial charge on any atom is -0.314 e. The fourth-order valence-electron chi connectivity index (χ4n) is 2.81. The van der Waals surface area contributed by atoms with Gasteiger partial charge in [0.2, 0.25) is 0 Å². The smallest absolute Gasteiger partial charge is 0.259 e. The molecule has 0 saturated carbocycles. The number of aromatic nitrogens is 4. The Kier molecular flexibility index (Phi) is 3.57. The zero-order valence-corrected chi connectivity index (χ0v) is 14.0. The van der Waals surface area contributed by atoms with E-state index in [9.17, 15) is 4.79 Å². The normalized spacial score (nSPS) is 11.0. The Bertz CT molecular complexity index is 1060. The summed E-state index contributed by atoms with van der Waals surface area (Å²) in [5.41, 5.74) is 4.15. The van der Waals surface area contributed by atoms with Crippen molar-refractivity contribution in [3.05, 3.63) is 72.2 Å². The third-order valence-corrected chi connectivity index (χ3v) is 4.05. The molecule has 6 heteroatoms. The highest BCUT2D eigenvalue weighted by molar-refractivity contribution is 6.09. The van der Waals surface area contributed by atoms with Crippen molar-refractivity contribution in [2.24, 2.45) is 7.05 Å². The summed E-state index contributed by atoms with van der Waals surface area (Å²) in [7, 11) is 1.87. The van der Waals surface area contributed by atoms with Crippen LogP contribution in [0.3, 0.4) is 0 Å². The fraction of sp³-hybridized carbons (Fsp3) is 0.105. The molecule has 0 unspecified atom stereocenters. The number of carbonyl (C=O) groups excluding carboxylic acids is 1. The molecule has 0 saturated heterocycles. The van der Waals surface area contributed by atoms with Crippen LogP contribution in [0.4, 0.5) is 5.82 Å². The molecular weight excluding hydrogens is 314 g/mol. The van der Waals surface area contributed by atoms with Crippen LogP contribution in [0.25, 0.3) is 16.9 Å². The first-order chi connectivity index (χ1) is 12.1. The molecule has 0 aliphatic carbocycles. The van der Waals surface area contributed by atoms with Crippen LogP contribution >= 0.6 is 0 Å². The van der Waals surface area contributed by atoms with Gasteiger partial charge in [0.15, 0.2) is 0 Å². The molecule has 124 valence electrons. The molecule has 4 heterocycles. The van der Waals surface area contributed by atoms with Crippen molar-refractivity contribution in [2.45, 2.75) is 6.92 Å². The van der Waals surface area contributed by atoms with Crippen LogP contribution in [0.5, 0.6) is 0 Å². The summed E-state index contributed by atoms with van der Waals surface area (Å²) in [6.07, 6.45) is 5.54. The summed E-state index contributed by atoms with van der Waals surface area (Å²) < 4.78 is 3.72. The summed E-state index contributed by atoms with van der Waals surface area (Å²) >= 11 is 0. The zero-order chi connectivity index (χ0) is 17.4. The van der Waals surface area contributed by atoms with Gasteiger partial charge in [-0.25, -0.2) is 4.98 Å². The van der Waals surface area contributed by atoms with Crippen LogP contribution in [0.2, 0.25) is 0 Å². The van der Waals surface area contributed by atoms with Crippen molar-refractivity contribution in [1.29, 1.82) is 0 Å². The minimum atomic E-state index is -0.192. The van der Waals surface area contributed by atoms with Crippen LogP contribution in [0, 0.1) is 6.92 Å². The summed E-state index contributed by atoms with van der Waals surface area (Å²) in [6.45, 7) is 1.96. The molecule has 1 amide bonds. The van der Waals surface area contributed by atoms with Gasteiger partial charge in [-0.05, 0) is 42.8 Å². The number of hydrogen-bond donors (Lipinski definition) is 1. The van der Waals surface area contributed by atoms with Crippen LogP contribution in [-0.2, 0) is 7.05 Å². The highest BCUT2D eigenvalue weighted by atomic mass is 16.1. The van der Waals surface area contributed by atoms with Crippen LogP contribution < -0.4 is 5.32 Å². The first-order valence-electron chi connectivity index (χ1n) is 7.96. The Hall–Kier alpha value is -3.41. The van der Waals surface area contributed by atoms with E-state index in [1.807, 2.05) is 67.2 Å². The van der Waals surface area contributed by atoms with Gasteiger partial charge in [0.1, 0.15) is 11.5 Å². The topological polar surface area (TPSA) is 64.2 Å². The summed E-state index contributed by atoms with van der Waals surface area (Å²) in [5.74, 6) is 0.340. The largest absolute Gasteiger partial charge is 0.314 e. The lowest BCUT2D eigenvalue weighted by Crippen LogP contribution is -2.12. The van der Waals surface area contributed by atoms with E-state index < -0.39 is 0 Å². The van der Waals surface area contributed by atoms with Crippen LogP contribution in [0.1, 0.15) is 15.9 Å². The Balaban J connectivity index is 1.76. The average Bonchev–Trinajstić information content (AvgIpc) is 3.20. The van der Waals surface area contributed by atoms with Gasteiger partial charge in [-0.2, -0.15) is 5.10 Å². The zero-order valence-electron chi connectivity index (χ0n) is 14.0. The van der Waals surface area contributed by atoms with Gasteiger partial charge < -0.3 is 9.72 Å². The van der Waals surface area contributed by atoms with Crippen molar-refractivity contribution < 1.29 is 4.79 Å². The predicted molar refractivity (Wildman–Crippen MR) is 96.5 cm³/mol. The Morgan fingerprint density at radius 2 is 2.00 bits per heavy atom. The monoisotopic (exact) mass is 331 g/mol.